The van der Waals surface area contributed by atoms with Gasteiger partial charge in [-0.05, 0) is 24.8 Å². The van der Waals surface area contributed by atoms with Crippen molar-refractivity contribution in [3.8, 4) is 0 Å². The van der Waals surface area contributed by atoms with Crippen LogP contribution < -0.4 is 10.6 Å². The highest BCUT2D eigenvalue weighted by atomic mass is 32.1. The van der Waals surface area contributed by atoms with Crippen LogP contribution in [0.3, 0.4) is 0 Å². The molecule has 1 unspecified atom stereocenters. The summed E-state index contributed by atoms with van der Waals surface area (Å²) in [5.74, 6) is 1.88. The Hall–Kier alpha value is -1.62. The van der Waals surface area contributed by atoms with Crippen molar-refractivity contribution in [3.05, 3.63) is 34.3 Å². The molecular formula is C15H22N4S. The van der Waals surface area contributed by atoms with Crippen LogP contribution in [0, 0.1) is 0 Å². The Balaban J connectivity index is 2.11. The lowest BCUT2D eigenvalue weighted by atomic mass is 10.1. The number of rotatable bonds is 7. The maximum atomic E-state index is 4.42. The van der Waals surface area contributed by atoms with Gasteiger partial charge in [0.1, 0.15) is 18.0 Å². The summed E-state index contributed by atoms with van der Waals surface area (Å²) in [4.78, 5) is 10.1. The smallest absolute Gasteiger partial charge is 0.134 e. The van der Waals surface area contributed by atoms with Crippen molar-refractivity contribution in [3.63, 3.8) is 0 Å². The molecule has 0 radical (unpaired) electrons. The summed E-state index contributed by atoms with van der Waals surface area (Å²) < 4.78 is 0. The summed E-state index contributed by atoms with van der Waals surface area (Å²) in [6.45, 7) is 4.36. The van der Waals surface area contributed by atoms with Crippen molar-refractivity contribution in [2.45, 2.75) is 39.2 Å². The molecule has 0 aliphatic carbocycles. The molecular weight excluding hydrogens is 268 g/mol. The largest absolute Gasteiger partial charge is 0.373 e. The summed E-state index contributed by atoms with van der Waals surface area (Å²) >= 11 is 1.80. The van der Waals surface area contributed by atoms with Crippen LogP contribution in [0.15, 0.2) is 23.8 Å². The molecule has 20 heavy (non-hydrogen) atoms. The molecule has 2 rings (SSSR count). The third kappa shape index (κ3) is 3.70. The normalized spacial score (nSPS) is 12.2. The Morgan fingerprint density at radius 2 is 2.10 bits per heavy atom. The number of nitrogens with zero attached hydrogens (tertiary/aromatic N) is 2. The van der Waals surface area contributed by atoms with Crippen LogP contribution >= 0.6 is 11.3 Å². The molecule has 0 aliphatic rings. The van der Waals surface area contributed by atoms with Crippen LogP contribution in [-0.4, -0.2) is 23.1 Å². The second kappa shape index (κ2) is 7.24. The van der Waals surface area contributed by atoms with Gasteiger partial charge in [-0.3, -0.25) is 0 Å². The maximum Gasteiger partial charge on any atom is 0.134 e. The zero-order chi connectivity index (χ0) is 14.4. The predicted molar refractivity (Wildman–Crippen MR) is 86.7 cm³/mol. The van der Waals surface area contributed by atoms with Gasteiger partial charge < -0.3 is 10.6 Å². The molecule has 0 aromatic carbocycles. The Morgan fingerprint density at radius 3 is 2.75 bits per heavy atom. The van der Waals surface area contributed by atoms with Gasteiger partial charge in [0.05, 0.1) is 0 Å². The van der Waals surface area contributed by atoms with E-state index >= 15 is 0 Å². The fourth-order valence-corrected chi connectivity index (χ4v) is 3.09. The van der Waals surface area contributed by atoms with Crippen LogP contribution in [0.5, 0.6) is 0 Å². The van der Waals surface area contributed by atoms with E-state index in [1.54, 1.807) is 17.7 Å². The first-order valence-corrected chi connectivity index (χ1v) is 7.93. The van der Waals surface area contributed by atoms with E-state index in [1.165, 1.54) is 10.4 Å². The quantitative estimate of drug-likeness (QED) is 0.818. The van der Waals surface area contributed by atoms with Crippen LogP contribution in [0.4, 0.5) is 11.6 Å². The first-order chi connectivity index (χ1) is 9.74. The van der Waals surface area contributed by atoms with Gasteiger partial charge in [0.2, 0.25) is 0 Å². The molecule has 0 amide bonds. The second-order valence-electron chi connectivity index (χ2n) is 4.88. The Labute approximate surface area is 124 Å². The van der Waals surface area contributed by atoms with Gasteiger partial charge in [-0.25, -0.2) is 9.97 Å². The Morgan fingerprint density at radius 1 is 1.30 bits per heavy atom. The molecule has 0 saturated carbocycles. The number of hydrogen-bond donors (Lipinski definition) is 2. The van der Waals surface area contributed by atoms with Crippen LogP contribution in [0.1, 0.15) is 30.7 Å². The zero-order valence-corrected chi connectivity index (χ0v) is 13.1. The van der Waals surface area contributed by atoms with Gasteiger partial charge in [0, 0.05) is 30.0 Å². The van der Waals surface area contributed by atoms with E-state index in [4.69, 9.17) is 0 Å². The Bertz CT molecular complexity index is 525. The van der Waals surface area contributed by atoms with E-state index < -0.39 is 0 Å². The van der Waals surface area contributed by atoms with Crippen molar-refractivity contribution in [1.29, 1.82) is 0 Å². The van der Waals surface area contributed by atoms with E-state index in [0.717, 1.165) is 30.9 Å². The number of anilines is 2. The van der Waals surface area contributed by atoms with Crippen LogP contribution in [-0.2, 0) is 12.8 Å². The predicted octanol–water partition coefficient (Wildman–Crippen LogP) is 3.58. The molecule has 108 valence electrons. The highest BCUT2D eigenvalue weighted by molar-refractivity contribution is 7.09. The summed E-state index contributed by atoms with van der Waals surface area (Å²) in [7, 11) is 1.90. The first kappa shape index (κ1) is 14.8. The van der Waals surface area contributed by atoms with Gasteiger partial charge in [-0.15, -0.1) is 11.3 Å². The summed E-state index contributed by atoms with van der Waals surface area (Å²) in [6.07, 6.45) is 4.69. The molecule has 0 fully saturated rings. The van der Waals surface area contributed by atoms with Crippen molar-refractivity contribution < 1.29 is 0 Å². The van der Waals surface area contributed by atoms with E-state index in [0.29, 0.717) is 6.04 Å². The first-order valence-electron chi connectivity index (χ1n) is 7.05. The van der Waals surface area contributed by atoms with Gasteiger partial charge in [0.25, 0.3) is 0 Å². The molecule has 0 bridgehead atoms. The fourth-order valence-electron chi connectivity index (χ4n) is 2.25. The highest BCUT2D eigenvalue weighted by Crippen LogP contribution is 2.22. The van der Waals surface area contributed by atoms with Crippen molar-refractivity contribution >= 4 is 23.0 Å². The molecule has 2 N–H and O–H groups in total. The lowest BCUT2D eigenvalue weighted by Gasteiger charge is -2.18. The molecule has 1 atom stereocenters. The number of hydrogen-bond acceptors (Lipinski definition) is 5. The minimum atomic E-state index is 0.351. The average molecular weight is 290 g/mol. The fraction of sp³-hybridized carbons (Fsp3) is 0.467. The highest BCUT2D eigenvalue weighted by Gasteiger charge is 2.12. The molecule has 0 saturated heterocycles. The van der Waals surface area contributed by atoms with E-state index in [1.807, 2.05) is 7.05 Å². The number of aromatic nitrogens is 2. The lowest BCUT2D eigenvalue weighted by Crippen LogP contribution is -2.20. The van der Waals surface area contributed by atoms with Crippen molar-refractivity contribution in [1.82, 2.24) is 9.97 Å². The topological polar surface area (TPSA) is 49.8 Å². The van der Waals surface area contributed by atoms with Gasteiger partial charge in [-0.1, -0.05) is 19.4 Å². The van der Waals surface area contributed by atoms with E-state index in [9.17, 15) is 0 Å². The van der Waals surface area contributed by atoms with Gasteiger partial charge >= 0.3 is 0 Å². The van der Waals surface area contributed by atoms with E-state index in [-0.39, 0.29) is 0 Å². The van der Waals surface area contributed by atoms with Crippen molar-refractivity contribution in [2.24, 2.45) is 0 Å². The van der Waals surface area contributed by atoms with Crippen LogP contribution in [0.2, 0.25) is 0 Å². The summed E-state index contributed by atoms with van der Waals surface area (Å²) in [5.41, 5.74) is 1.18. The van der Waals surface area contributed by atoms with E-state index in [2.05, 4.69) is 52.0 Å². The average Bonchev–Trinajstić information content (AvgIpc) is 2.93. The molecule has 2 aromatic rings. The van der Waals surface area contributed by atoms with Crippen molar-refractivity contribution in [2.75, 3.05) is 17.7 Å². The standard InChI is InChI=1S/C15H22N4S/c1-4-6-13-14(16-3)17-10-18-15(13)19-11(2)9-12-7-5-8-20-12/h5,7-8,10-11H,4,6,9H2,1-3H3,(H2,16,17,18,19). The zero-order valence-electron chi connectivity index (χ0n) is 12.3. The molecule has 0 spiro atoms. The molecule has 5 heteroatoms. The molecule has 0 aliphatic heterocycles. The molecule has 2 aromatic heterocycles. The lowest BCUT2D eigenvalue weighted by molar-refractivity contribution is 0.785. The summed E-state index contributed by atoms with van der Waals surface area (Å²) in [6, 6.07) is 4.62. The number of thiophene rings is 1. The third-order valence-corrected chi connectivity index (χ3v) is 4.05. The third-order valence-electron chi connectivity index (χ3n) is 3.15. The Kier molecular flexibility index (Phi) is 5.35. The maximum absolute atomic E-state index is 4.42. The monoisotopic (exact) mass is 290 g/mol. The van der Waals surface area contributed by atoms with Crippen LogP contribution in [0.25, 0.3) is 0 Å². The SMILES string of the molecule is CCCc1c(NC)ncnc1NC(C)Cc1cccs1. The molecule has 2 heterocycles. The minimum Gasteiger partial charge on any atom is -0.373 e. The van der Waals surface area contributed by atoms with Gasteiger partial charge in [0.15, 0.2) is 0 Å². The second-order valence-corrected chi connectivity index (χ2v) is 5.91. The number of nitrogens with one attached hydrogen (secondary N) is 2. The molecule has 4 nitrogen and oxygen atoms in total. The summed E-state index contributed by atoms with van der Waals surface area (Å²) in [5, 5.41) is 8.79. The van der Waals surface area contributed by atoms with Gasteiger partial charge in [-0.2, -0.15) is 0 Å². The minimum absolute atomic E-state index is 0.351.